The fraction of sp³-hybridized carbons (Fsp3) is 0.714. The SMILES string of the molecule is CCCCCC(C)(O)C=C[C@H]1CCC(=O)[C@H]1CC=CCCCC(=O)O. The zero-order valence-corrected chi connectivity index (χ0v) is 15.7. The van der Waals surface area contributed by atoms with Crippen LogP contribution in [0.5, 0.6) is 0 Å². The van der Waals surface area contributed by atoms with Gasteiger partial charge in [-0.15, -0.1) is 0 Å². The molecule has 0 spiro atoms. The van der Waals surface area contributed by atoms with E-state index in [1.807, 2.05) is 31.2 Å². The van der Waals surface area contributed by atoms with E-state index in [0.29, 0.717) is 25.0 Å². The number of carboxylic acid groups (broad SMARTS) is 1. The van der Waals surface area contributed by atoms with E-state index in [1.54, 1.807) is 0 Å². The molecule has 0 amide bonds. The molecule has 0 aromatic carbocycles. The predicted octanol–water partition coefficient (Wildman–Crippen LogP) is 4.67. The number of carbonyl (C=O) groups is 2. The molecule has 0 bridgehead atoms. The molecule has 0 radical (unpaired) electrons. The van der Waals surface area contributed by atoms with Gasteiger partial charge in [0.25, 0.3) is 0 Å². The molecule has 1 unspecified atom stereocenters. The van der Waals surface area contributed by atoms with Crippen LogP contribution in [-0.4, -0.2) is 27.6 Å². The highest BCUT2D eigenvalue weighted by atomic mass is 16.4. The van der Waals surface area contributed by atoms with Crippen LogP contribution in [0.15, 0.2) is 24.3 Å². The first kappa shape index (κ1) is 21.6. The number of Topliss-reactive ketones (excluding diaryl/α,β-unsaturated/α-hetero) is 1. The molecular formula is C21H34O4. The molecule has 0 saturated heterocycles. The van der Waals surface area contributed by atoms with Gasteiger partial charge in [-0.1, -0.05) is 50.5 Å². The Hall–Kier alpha value is -1.42. The van der Waals surface area contributed by atoms with E-state index < -0.39 is 11.6 Å². The standard InChI is InChI=1S/C21H34O4/c1-3-4-9-15-21(2,25)16-14-17-12-13-19(22)18(17)10-7-5-6-8-11-20(23)24/h5,7,14,16-18,25H,3-4,6,8-13,15H2,1-2H3,(H,23,24)/t17-,18+,21?/m1/s1. The molecular weight excluding hydrogens is 316 g/mol. The highest BCUT2D eigenvalue weighted by Crippen LogP contribution is 2.33. The molecule has 4 heteroatoms. The van der Waals surface area contributed by atoms with Crippen molar-refractivity contribution in [3.8, 4) is 0 Å². The Balaban J connectivity index is 2.47. The van der Waals surface area contributed by atoms with Crippen LogP contribution in [0.4, 0.5) is 0 Å². The summed E-state index contributed by atoms with van der Waals surface area (Å²) in [4.78, 5) is 22.6. The van der Waals surface area contributed by atoms with Crippen LogP contribution in [0.2, 0.25) is 0 Å². The summed E-state index contributed by atoms with van der Waals surface area (Å²) in [6.45, 7) is 3.99. The molecule has 1 saturated carbocycles. The maximum atomic E-state index is 12.1. The molecule has 2 N–H and O–H groups in total. The van der Waals surface area contributed by atoms with Crippen LogP contribution in [-0.2, 0) is 9.59 Å². The quantitative estimate of drug-likeness (QED) is 0.396. The number of rotatable bonds is 12. The zero-order valence-electron chi connectivity index (χ0n) is 15.7. The van der Waals surface area contributed by atoms with E-state index in [4.69, 9.17) is 5.11 Å². The summed E-state index contributed by atoms with van der Waals surface area (Å²) in [6, 6.07) is 0. The lowest BCUT2D eigenvalue weighted by molar-refractivity contribution is -0.137. The Morgan fingerprint density at radius 1 is 1.28 bits per heavy atom. The second-order valence-electron chi connectivity index (χ2n) is 7.44. The van der Waals surface area contributed by atoms with Crippen molar-refractivity contribution in [2.45, 2.75) is 83.7 Å². The predicted molar refractivity (Wildman–Crippen MR) is 100 cm³/mol. The van der Waals surface area contributed by atoms with Crippen molar-refractivity contribution >= 4 is 11.8 Å². The van der Waals surface area contributed by atoms with Crippen molar-refractivity contribution in [2.24, 2.45) is 11.8 Å². The summed E-state index contributed by atoms with van der Waals surface area (Å²) in [6.07, 6.45) is 15.7. The first-order valence-corrected chi connectivity index (χ1v) is 9.67. The number of aliphatic carboxylic acids is 1. The number of allylic oxidation sites excluding steroid dienone is 3. The van der Waals surface area contributed by atoms with Gasteiger partial charge >= 0.3 is 5.97 Å². The van der Waals surface area contributed by atoms with Crippen LogP contribution < -0.4 is 0 Å². The van der Waals surface area contributed by atoms with Crippen LogP contribution in [0.1, 0.15) is 78.1 Å². The molecule has 1 aliphatic carbocycles. The summed E-state index contributed by atoms with van der Waals surface area (Å²) in [7, 11) is 0. The van der Waals surface area contributed by atoms with Crippen LogP contribution in [0, 0.1) is 11.8 Å². The molecule has 142 valence electrons. The minimum atomic E-state index is -0.794. The largest absolute Gasteiger partial charge is 0.481 e. The van der Waals surface area contributed by atoms with E-state index in [-0.39, 0.29) is 18.3 Å². The van der Waals surface area contributed by atoms with Crippen molar-refractivity contribution in [3.63, 3.8) is 0 Å². The zero-order chi connectivity index (χ0) is 18.7. The monoisotopic (exact) mass is 350 g/mol. The second kappa shape index (κ2) is 11.2. The lowest BCUT2D eigenvalue weighted by atomic mass is 9.89. The fourth-order valence-electron chi connectivity index (χ4n) is 3.35. The maximum Gasteiger partial charge on any atom is 0.303 e. The number of unbranched alkanes of at least 4 members (excludes halogenated alkanes) is 3. The molecule has 0 aliphatic heterocycles. The topological polar surface area (TPSA) is 74.6 Å². The van der Waals surface area contributed by atoms with Gasteiger partial charge in [0.1, 0.15) is 5.78 Å². The van der Waals surface area contributed by atoms with Gasteiger partial charge in [-0.2, -0.15) is 0 Å². The van der Waals surface area contributed by atoms with Gasteiger partial charge in [0.2, 0.25) is 0 Å². The third kappa shape index (κ3) is 9.01. The Morgan fingerprint density at radius 2 is 2.04 bits per heavy atom. The smallest absolute Gasteiger partial charge is 0.303 e. The van der Waals surface area contributed by atoms with Gasteiger partial charge in [-0.05, 0) is 44.9 Å². The number of ketones is 1. The van der Waals surface area contributed by atoms with Crippen molar-refractivity contribution in [3.05, 3.63) is 24.3 Å². The average molecular weight is 350 g/mol. The lowest BCUT2D eigenvalue weighted by Gasteiger charge is -2.20. The third-order valence-corrected chi connectivity index (χ3v) is 4.96. The number of aliphatic hydroxyl groups is 1. The highest BCUT2D eigenvalue weighted by Gasteiger charge is 2.32. The third-order valence-electron chi connectivity index (χ3n) is 4.96. The number of hydrogen-bond donors (Lipinski definition) is 2. The number of carbonyl (C=O) groups excluding carboxylic acids is 1. The Kier molecular flexibility index (Phi) is 9.73. The van der Waals surface area contributed by atoms with Gasteiger partial charge in [-0.3, -0.25) is 9.59 Å². The maximum absolute atomic E-state index is 12.1. The first-order chi connectivity index (χ1) is 11.9. The van der Waals surface area contributed by atoms with Gasteiger partial charge in [0, 0.05) is 18.8 Å². The average Bonchev–Trinajstić information content (AvgIpc) is 2.89. The molecule has 1 aliphatic rings. The summed E-state index contributed by atoms with van der Waals surface area (Å²) in [5, 5.41) is 19.0. The molecule has 1 rings (SSSR count). The Morgan fingerprint density at radius 3 is 2.72 bits per heavy atom. The summed E-state index contributed by atoms with van der Waals surface area (Å²) >= 11 is 0. The normalized spacial score (nSPS) is 23.6. The summed E-state index contributed by atoms with van der Waals surface area (Å²) < 4.78 is 0. The van der Waals surface area contributed by atoms with E-state index in [9.17, 15) is 14.7 Å². The molecule has 4 nitrogen and oxygen atoms in total. The van der Waals surface area contributed by atoms with Crippen LogP contribution >= 0.6 is 0 Å². The highest BCUT2D eigenvalue weighted by molar-refractivity contribution is 5.83. The first-order valence-electron chi connectivity index (χ1n) is 9.67. The van der Waals surface area contributed by atoms with Crippen molar-refractivity contribution in [2.75, 3.05) is 0 Å². The summed E-state index contributed by atoms with van der Waals surface area (Å²) in [5.74, 6) is -0.266. The van der Waals surface area contributed by atoms with Gasteiger partial charge in [-0.25, -0.2) is 0 Å². The fourth-order valence-corrected chi connectivity index (χ4v) is 3.35. The van der Waals surface area contributed by atoms with Crippen molar-refractivity contribution in [1.82, 2.24) is 0 Å². The molecule has 1 fully saturated rings. The minimum absolute atomic E-state index is 0.00147. The second-order valence-corrected chi connectivity index (χ2v) is 7.44. The van der Waals surface area contributed by atoms with Gasteiger partial charge in [0.05, 0.1) is 5.60 Å². The lowest BCUT2D eigenvalue weighted by Crippen LogP contribution is -2.21. The van der Waals surface area contributed by atoms with Gasteiger partial charge < -0.3 is 10.2 Å². The van der Waals surface area contributed by atoms with E-state index >= 15 is 0 Å². The van der Waals surface area contributed by atoms with E-state index in [2.05, 4.69) is 6.92 Å². The Bertz CT molecular complexity index is 476. The van der Waals surface area contributed by atoms with Crippen LogP contribution in [0.25, 0.3) is 0 Å². The van der Waals surface area contributed by atoms with E-state index in [1.165, 1.54) is 0 Å². The van der Waals surface area contributed by atoms with Crippen molar-refractivity contribution in [1.29, 1.82) is 0 Å². The Labute approximate surface area is 152 Å². The number of hydrogen-bond acceptors (Lipinski definition) is 3. The molecule has 0 aromatic heterocycles. The van der Waals surface area contributed by atoms with E-state index in [0.717, 1.165) is 38.5 Å². The van der Waals surface area contributed by atoms with Gasteiger partial charge in [0.15, 0.2) is 0 Å². The molecule has 0 heterocycles. The molecule has 25 heavy (non-hydrogen) atoms. The van der Waals surface area contributed by atoms with Crippen molar-refractivity contribution < 1.29 is 19.8 Å². The summed E-state index contributed by atoms with van der Waals surface area (Å²) in [5.41, 5.74) is -0.794. The molecule has 3 atom stereocenters. The number of carboxylic acids is 1. The minimum Gasteiger partial charge on any atom is -0.481 e. The van der Waals surface area contributed by atoms with Crippen LogP contribution in [0.3, 0.4) is 0 Å². The molecule has 0 aromatic rings.